The zero-order chi connectivity index (χ0) is 12.3. The number of hydrogen-bond acceptors (Lipinski definition) is 4. The third-order valence-corrected chi connectivity index (χ3v) is 4.12. The Morgan fingerprint density at radius 2 is 2.29 bits per heavy atom. The monoisotopic (exact) mass is 251 g/mol. The molecule has 0 bridgehead atoms. The van der Waals surface area contributed by atoms with Gasteiger partial charge >= 0.3 is 5.97 Å². The first-order chi connectivity index (χ1) is 8.20. The summed E-state index contributed by atoms with van der Waals surface area (Å²) < 4.78 is 4.75. The number of hydrogen-bond donors (Lipinski definition) is 0. The molecule has 0 spiro atoms. The summed E-state index contributed by atoms with van der Waals surface area (Å²) in [4.78, 5) is 14.8. The standard InChI is InChI=1S/C13H17NO2S/c1-10-7-8-14(9-13(15)16-2)11-5-3-4-6-12(11)17-10/h3-6,10H,7-9H2,1-2H3. The predicted molar refractivity (Wildman–Crippen MR) is 70.6 cm³/mol. The van der Waals surface area contributed by atoms with Gasteiger partial charge in [-0.05, 0) is 18.6 Å². The molecular formula is C13H17NO2S. The van der Waals surface area contributed by atoms with E-state index in [-0.39, 0.29) is 5.97 Å². The van der Waals surface area contributed by atoms with Gasteiger partial charge in [0.25, 0.3) is 0 Å². The van der Waals surface area contributed by atoms with Crippen molar-refractivity contribution < 1.29 is 9.53 Å². The molecule has 0 aliphatic carbocycles. The Labute approximate surface area is 106 Å². The number of nitrogens with zero attached hydrogens (tertiary/aromatic N) is 1. The number of para-hydroxylation sites is 1. The number of anilines is 1. The minimum Gasteiger partial charge on any atom is -0.468 e. The van der Waals surface area contributed by atoms with Crippen LogP contribution in [-0.2, 0) is 9.53 Å². The van der Waals surface area contributed by atoms with E-state index < -0.39 is 0 Å². The molecule has 1 atom stereocenters. The van der Waals surface area contributed by atoms with Crippen LogP contribution in [0.4, 0.5) is 5.69 Å². The van der Waals surface area contributed by atoms with Crippen molar-refractivity contribution >= 4 is 23.4 Å². The molecule has 1 aromatic rings. The van der Waals surface area contributed by atoms with Crippen molar-refractivity contribution in [3.63, 3.8) is 0 Å². The minimum absolute atomic E-state index is 0.181. The average Bonchev–Trinajstić information content (AvgIpc) is 2.49. The number of thioether (sulfide) groups is 1. The summed E-state index contributed by atoms with van der Waals surface area (Å²) in [7, 11) is 1.43. The van der Waals surface area contributed by atoms with Gasteiger partial charge in [0.1, 0.15) is 6.54 Å². The average molecular weight is 251 g/mol. The fourth-order valence-corrected chi connectivity index (χ4v) is 3.07. The molecule has 1 aliphatic heterocycles. The molecule has 0 saturated heterocycles. The number of carbonyl (C=O) groups excluding carboxylic acids is 1. The molecule has 0 fully saturated rings. The quantitative estimate of drug-likeness (QED) is 0.756. The SMILES string of the molecule is COC(=O)CN1CCC(C)Sc2ccccc21. The van der Waals surface area contributed by atoms with Crippen LogP contribution in [-0.4, -0.2) is 31.4 Å². The molecule has 17 heavy (non-hydrogen) atoms. The van der Waals surface area contributed by atoms with Gasteiger partial charge in [-0.15, -0.1) is 11.8 Å². The van der Waals surface area contributed by atoms with E-state index in [4.69, 9.17) is 4.74 Å². The highest BCUT2D eigenvalue weighted by atomic mass is 32.2. The summed E-state index contributed by atoms with van der Waals surface area (Å²) in [5.74, 6) is -0.181. The zero-order valence-corrected chi connectivity index (χ0v) is 11.0. The first-order valence-electron chi connectivity index (χ1n) is 5.78. The van der Waals surface area contributed by atoms with Gasteiger partial charge in [0.15, 0.2) is 0 Å². The van der Waals surface area contributed by atoms with Gasteiger partial charge in [0.05, 0.1) is 12.8 Å². The first-order valence-corrected chi connectivity index (χ1v) is 6.66. The van der Waals surface area contributed by atoms with Gasteiger partial charge in [-0.3, -0.25) is 4.79 Å². The second kappa shape index (κ2) is 5.45. The Morgan fingerprint density at radius 1 is 1.53 bits per heavy atom. The summed E-state index contributed by atoms with van der Waals surface area (Å²) in [6.07, 6.45) is 1.08. The van der Waals surface area contributed by atoms with Crippen LogP contribution in [0.15, 0.2) is 29.2 Å². The summed E-state index contributed by atoms with van der Waals surface area (Å²) >= 11 is 1.88. The van der Waals surface area contributed by atoms with E-state index in [2.05, 4.69) is 24.0 Å². The summed E-state index contributed by atoms with van der Waals surface area (Å²) in [5.41, 5.74) is 1.15. The van der Waals surface area contributed by atoms with Crippen molar-refractivity contribution in [2.45, 2.75) is 23.5 Å². The van der Waals surface area contributed by atoms with E-state index in [1.807, 2.05) is 23.9 Å². The van der Waals surface area contributed by atoms with Gasteiger partial charge < -0.3 is 9.64 Å². The maximum Gasteiger partial charge on any atom is 0.325 e. The third-order valence-electron chi connectivity index (χ3n) is 2.89. The maximum absolute atomic E-state index is 11.4. The van der Waals surface area contributed by atoms with Crippen LogP contribution in [0.2, 0.25) is 0 Å². The Hall–Kier alpha value is -1.16. The van der Waals surface area contributed by atoms with Gasteiger partial charge in [-0.2, -0.15) is 0 Å². The van der Waals surface area contributed by atoms with E-state index >= 15 is 0 Å². The van der Waals surface area contributed by atoms with Crippen molar-refractivity contribution in [1.29, 1.82) is 0 Å². The van der Waals surface area contributed by atoms with Crippen LogP contribution in [0, 0.1) is 0 Å². The van der Waals surface area contributed by atoms with Crippen LogP contribution in [0.3, 0.4) is 0 Å². The van der Waals surface area contributed by atoms with Gasteiger partial charge in [0, 0.05) is 16.7 Å². The normalized spacial score (nSPS) is 19.4. The Kier molecular flexibility index (Phi) is 3.94. The van der Waals surface area contributed by atoms with E-state index in [9.17, 15) is 4.79 Å². The van der Waals surface area contributed by atoms with E-state index in [0.29, 0.717) is 11.8 Å². The number of benzene rings is 1. The highest BCUT2D eigenvalue weighted by Gasteiger charge is 2.21. The Balaban J connectivity index is 2.25. The van der Waals surface area contributed by atoms with Crippen LogP contribution in [0.25, 0.3) is 0 Å². The molecule has 1 aromatic carbocycles. The molecule has 0 saturated carbocycles. The molecule has 0 aromatic heterocycles. The number of esters is 1. The van der Waals surface area contributed by atoms with Crippen LogP contribution < -0.4 is 4.90 Å². The van der Waals surface area contributed by atoms with Crippen molar-refractivity contribution in [1.82, 2.24) is 0 Å². The third kappa shape index (κ3) is 2.94. The first kappa shape index (κ1) is 12.3. The highest BCUT2D eigenvalue weighted by Crippen LogP contribution is 2.36. The molecule has 0 radical (unpaired) electrons. The molecule has 3 nitrogen and oxygen atoms in total. The number of rotatable bonds is 2. The largest absolute Gasteiger partial charge is 0.468 e. The van der Waals surface area contributed by atoms with Gasteiger partial charge in [-0.1, -0.05) is 19.1 Å². The lowest BCUT2D eigenvalue weighted by Crippen LogP contribution is -2.31. The van der Waals surface area contributed by atoms with E-state index in [1.54, 1.807) is 0 Å². The van der Waals surface area contributed by atoms with Crippen molar-refractivity contribution in [2.75, 3.05) is 25.1 Å². The molecule has 2 rings (SSSR count). The molecule has 0 N–H and O–H groups in total. The Bertz CT molecular complexity index is 408. The molecule has 1 unspecified atom stereocenters. The summed E-state index contributed by atoms with van der Waals surface area (Å²) in [6.45, 7) is 3.46. The van der Waals surface area contributed by atoms with Crippen molar-refractivity contribution in [3.05, 3.63) is 24.3 Å². The molecule has 92 valence electrons. The lowest BCUT2D eigenvalue weighted by Gasteiger charge is -2.22. The fourth-order valence-electron chi connectivity index (χ4n) is 1.94. The lowest BCUT2D eigenvalue weighted by atomic mass is 10.2. The Morgan fingerprint density at radius 3 is 3.06 bits per heavy atom. The summed E-state index contributed by atoms with van der Waals surface area (Å²) in [5, 5.41) is 0.582. The predicted octanol–water partition coefficient (Wildman–Crippen LogP) is 2.55. The van der Waals surface area contributed by atoms with Crippen molar-refractivity contribution in [3.8, 4) is 0 Å². The number of methoxy groups -OCH3 is 1. The second-order valence-corrected chi connectivity index (χ2v) is 5.66. The van der Waals surface area contributed by atoms with E-state index in [0.717, 1.165) is 18.7 Å². The minimum atomic E-state index is -0.181. The number of fused-ring (bicyclic) bond motifs is 1. The molecular weight excluding hydrogens is 234 g/mol. The zero-order valence-electron chi connectivity index (χ0n) is 10.2. The van der Waals surface area contributed by atoms with Crippen LogP contribution >= 0.6 is 11.8 Å². The highest BCUT2D eigenvalue weighted by molar-refractivity contribution is 8.00. The maximum atomic E-state index is 11.4. The second-order valence-electron chi connectivity index (χ2n) is 4.18. The van der Waals surface area contributed by atoms with Crippen molar-refractivity contribution in [2.24, 2.45) is 0 Å². The molecule has 1 aliphatic rings. The smallest absolute Gasteiger partial charge is 0.325 e. The van der Waals surface area contributed by atoms with Gasteiger partial charge in [-0.25, -0.2) is 0 Å². The lowest BCUT2D eigenvalue weighted by molar-refractivity contribution is -0.138. The topological polar surface area (TPSA) is 29.5 Å². The molecule has 4 heteroatoms. The van der Waals surface area contributed by atoms with E-state index in [1.165, 1.54) is 12.0 Å². The summed E-state index contributed by atoms with van der Waals surface area (Å²) in [6, 6.07) is 8.25. The van der Waals surface area contributed by atoms with Crippen LogP contribution in [0.5, 0.6) is 0 Å². The van der Waals surface area contributed by atoms with Crippen LogP contribution in [0.1, 0.15) is 13.3 Å². The molecule has 0 amide bonds. The number of ether oxygens (including phenoxy) is 1. The fraction of sp³-hybridized carbons (Fsp3) is 0.462. The number of carbonyl (C=O) groups is 1. The molecule has 1 heterocycles. The van der Waals surface area contributed by atoms with Gasteiger partial charge in [0.2, 0.25) is 0 Å².